The number of hydrogen-bond acceptors (Lipinski definition) is 3. The maximum absolute atomic E-state index is 12.1. The molecule has 0 heterocycles. The van der Waals surface area contributed by atoms with E-state index in [1.165, 1.54) is 0 Å². The summed E-state index contributed by atoms with van der Waals surface area (Å²) in [5.41, 5.74) is 1.01. The van der Waals surface area contributed by atoms with Gasteiger partial charge >= 0.3 is 0 Å². The molecular formula is C15H23NO3S. The van der Waals surface area contributed by atoms with Gasteiger partial charge in [0.1, 0.15) is 0 Å². The van der Waals surface area contributed by atoms with Crippen LogP contribution in [0.3, 0.4) is 0 Å². The number of carbonyl (C=O) groups excluding carboxylic acids is 1. The lowest BCUT2D eigenvalue weighted by atomic mass is 10.2. The van der Waals surface area contributed by atoms with Gasteiger partial charge in [-0.2, -0.15) is 0 Å². The Kier molecular flexibility index (Phi) is 6.20. The van der Waals surface area contributed by atoms with E-state index < -0.39 is 9.84 Å². The molecule has 1 aromatic rings. The number of hydrogen-bond donors (Lipinski definition) is 1. The second-order valence-corrected chi connectivity index (χ2v) is 7.07. The second-order valence-electron chi connectivity index (χ2n) is 4.96. The first-order valence-electron chi connectivity index (χ1n) is 6.97. The van der Waals surface area contributed by atoms with Gasteiger partial charge in [-0.15, -0.1) is 0 Å². The summed E-state index contributed by atoms with van der Waals surface area (Å²) < 4.78 is 24.2. The largest absolute Gasteiger partial charge is 0.353 e. The lowest BCUT2D eigenvalue weighted by Crippen LogP contribution is -2.34. The molecule has 1 aromatic carbocycles. The Balaban J connectivity index is 2.60. The summed E-state index contributed by atoms with van der Waals surface area (Å²) in [5.74, 6) is -0.350. The van der Waals surface area contributed by atoms with Crippen LogP contribution < -0.4 is 5.32 Å². The van der Waals surface area contributed by atoms with Crippen molar-refractivity contribution in [2.45, 2.75) is 51.0 Å². The van der Waals surface area contributed by atoms with Crippen LogP contribution in [0.15, 0.2) is 29.2 Å². The first-order chi connectivity index (χ1) is 9.39. The van der Waals surface area contributed by atoms with Gasteiger partial charge in [-0.1, -0.05) is 31.5 Å². The van der Waals surface area contributed by atoms with E-state index in [9.17, 15) is 13.2 Å². The molecule has 112 valence electrons. The Morgan fingerprint density at radius 3 is 2.20 bits per heavy atom. The SMILES string of the molecule is CCC(CC)NC(=O)CCS(=O)(=O)c1ccc(C)cc1. The third-order valence-electron chi connectivity index (χ3n) is 3.33. The van der Waals surface area contributed by atoms with Crippen molar-refractivity contribution in [1.29, 1.82) is 0 Å². The highest BCUT2D eigenvalue weighted by Gasteiger charge is 2.17. The van der Waals surface area contributed by atoms with E-state index in [0.717, 1.165) is 18.4 Å². The molecule has 0 unspecified atom stereocenters. The van der Waals surface area contributed by atoms with Crippen LogP contribution >= 0.6 is 0 Å². The molecule has 0 atom stereocenters. The molecule has 0 aromatic heterocycles. The molecule has 0 saturated heterocycles. The summed E-state index contributed by atoms with van der Waals surface area (Å²) >= 11 is 0. The van der Waals surface area contributed by atoms with Crippen LogP contribution in [0.2, 0.25) is 0 Å². The quantitative estimate of drug-likeness (QED) is 0.841. The predicted octanol–water partition coefficient (Wildman–Crippen LogP) is 2.46. The van der Waals surface area contributed by atoms with Gasteiger partial charge < -0.3 is 5.32 Å². The van der Waals surface area contributed by atoms with E-state index in [1.54, 1.807) is 24.3 Å². The fourth-order valence-corrected chi connectivity index (χ4v) is 3.12. The zero-order chi connectivity index (χ0) is 15.2. The summed E-state index contributed by atoms with van der Waals surface area (Å²) in [6, 6.07) is 6.82. The Bertz CT molecular complexity index is 531. The van der Waals surface area contributed by atoms with Crippen LogP contribution in [0.4, 0.5) is 0 Å². The van der Waals surface area contributed by atoms with Crippen LogP contribution in [0.25, 0.3) is 0 Å². The Morgan fingerprint density at radius 1 is 1.15 bits per heavy atom. The lowest BCUT2D eigenvalue weighted by Gasteiger charge is -2.14. The van der Waals surface area contributed by atoms with Crippen molar-refractivity contribution in [3.05, 3.63) is 29.8 Å². The lowest BCUT2D eigenvalue weighted by molar-refractivity contribution is -0.121. The zero-order valence-corrected chi connectivity index (χ0v) is 13.2. The van der Waals surface area contributed by atoms with E-state index in [-0.39, 0.29) is 29.0 Å². The van der Waals surface area contributed by atoms with Crippen LogP contribution in [-0.2, 0) is 14.6 Å². The van der Waals surface area contributed by atoms with Crippen LogP contribution in [0.5, 0.6) is 0 Å². The van der Waals surface area contributed by atoms with E-state index in [4.69, 9.17) is 0 Å². The highest BCUT2D eigenvalue weighted by molar-refractivity contribution is 7.91. The normalized spacial score (nSPS) is 11.6. The minimum Gasteiger partial charge on any atom is -0.353 e. The topological polar surface area (TPSA) is 63.2 Å². The molecule has 0 spiro atoms. The first kappa shape index (κ1) is 16.7. The first-order valence-corrected chi connectivity index (χ1v) is 8.63. The molecule has 0 aliphatic rings. The molecule has 1 N–H and O–H groups in total. The molecule has 0 radical (unpaired) electrons. The number of nitrogens with one attached hydrogen (secondary N) is 1. The molecule has 0 fully saturated rings. The van der Waals surface area contributed by atoms with Crippen LogP contribution in [-0.4, -0.2) is 26.1 Å². The molecule has 1 amide bonds. The van der Waals surface area contributed by atoms with Gasteiger partial charge in [0.2, 0.25) is 5.91 Å². The fraction of sp³-hybridized carbons (Fsp3) is 0.533. The summed E-state index contributed by atoms with van der Waals surface area (Å²) in [4.78, 5) is 12.0. The van der Waals surface area contributed by atoms with Crippen molar-refractivity contribution in [2.24, 2.45) is 0 Å². The molecular weight excluding hydrogens is 274 g/mol. The van der Waals surface area contributed by atoms with Crippen molar-refractivity contribution < 1.29 is 13.2 Å². The molecule has 0 aliphatic heterocycles. The van der Waals surface area contributed by atoms with E-state index in [1.807, 2.05) is 20.8 Å². The van der Waals surface area contributed by atoms with Gasteiger partial charge in [-0.3, -0.25) is 4.79 Å². The summed E-state index contributed by atoms with van der Waals surface area (Å²) in [7, 11) is -3.38. The van der Waals surface area contributed by atoms with Crippen molar-refractivity contribution in [3.63, 3.8) is 0 Å². The standard InChI is InChI=1S/C15H23NO3S/c1-4-13(5-2)16-15(17)10-11-20(18,19)14-8-6-12(3)7-9-14/h6-9,13H,4-5,10-11H2,1-3H3,(H,16,17). The molecule has 0 aliphatic carbocycles. The molecule has 4 nitrogen and oxygen atoms in total. The van der Waals surface area contributed by atoms with Gasteiger partial charge in [0.25, 0.3) is 0 Å². The maximum Gasteiger partial charge on any atom is 0.221 e. The van der Waals surface area contributed by atoms with Gasteiger partial charge in [-0.25, -0.2) is 8.42 Å². The fourth-order valence-electron chi connectivity index (χ4n) is 1.88. The van der Waals surface area contributed by atoms with E-state index in [2.05, 4.69) is 5.32 Å². The summed E-state index contributed by atoms with van der Waals surface area (Å²) in [5, 5.41) is 2.85. The van der Waals surface area contributed by atoms with Gasteiger partial charge in [0.05, 0.1) is 10.6 Å². The maximum atomic E-state index is 12.1. The average molecular weight is 297 g/mol. The monoisotopic (exact) mass is 297 g/mol. The molecule has 0 bridgehead atoms. The summed E-state index contributed by atoms with van der Waals surface area (Å²) in [6.45, 7) is 5.90. The van der Waals surface area contributed by atoms with E-state index >= 15 is 0 Å². The number of rotatable bonds is 7. The highest BCUT2D eigenvalue weighted by Crippen LogP contribution is 2.13. The zero-order valence-electron chi connectivity index (χ0n) is 12.3. The molecule has 0 saturated carbocycles. The van der Waals surface area contributed by atoms with Gasteiger partial charge in [-0.05, 0) is 31.9 Å². The predicted molar refractivity (Wildman–Crippen MR) is 80.4 cm³/mol. The minimum absolute atomic E-state index is 0.00666. The number of carbonyl (C=O) groups is 1. The Morgan fingerprint density at radius 2 is 1.70 bits per heavy atom. The van der Waals surface area contributed by atoms with Crippen molar-refractivity contribution >= 4 is 15.7 Å². The van der Waals surface area contributed by atoms with Crippen molar-refractivity contribution in [2.75, 3.05) is 5.75 Å². The van der Waals surface area contributed by atoms with Gasteiger partial charge in [0, 0.05) is 12.5 Å². The highest BCUT2D eigenvalue weighted by atomic mass is 32.2. The number of amides is 1. The molecule has 20 heavy (non-hydrogen) atoms. The number of benzene rings is 1. The third-order valence-corrected chi connectivity index (χ3v) is 5.06. The molecule has 5 heteroatoms. The smallest absolute Gasteiger partial charge is 0.221 e. The Hall–Kier alpha value is -1.36. The van der Waals surface area contributed by atoms with Crippen LogP contribution in [0.1, 0.15) is 38.7 Å². The number of sulfone groups is 1. The average Bonchev–Trinajstić information content (AvgIpc) is 2.43. The van der Waals surface area contributed by atoms with Crippen LogP contribution in [0, 0.1) is 6.92 Å². The Labute approximate surface area is 121 Å². The minimum atomic E-state index is -3.38. The molecule has 1 rings (SSSR count). The van der Waals surface area contributed by atoms with Gasteiger partial charge in [0.15, 0.2) is 9.84 Å². The summed E-state index contributed by atoms with van der Waals surface area (Å²) in [6.07, 6.45) is 1.71. The van der Waals surface area contributed by atoms with Crippen molar-refractivity contribution in [3.8, 4) is 0 Å². The van der Waals surface area contributed by atoms with E-state index in [0.29, 0.717) is 0 Å². The van der Waals surface area contributed by atoms with Crippen molar-refractivity contribution in [1.82, 2.24) is 5.32 Å². The number of aryl methyl sites for hydroxylation is 1. The third kappa shape index (κ3) is 4.96. The second kappa shape index (κ2) is 7.43.